The fourth-order valence-corrected chi connectivity index (χ4v) is 3.71. The molecule has 2 saturated heterocycles. The first-order valence-corrected chi connectivity index (χ1v) is 8.65. The van der Waals surface area contributed by atoms with E-state index < -0.39 is 17.0 Å². The second-order valence-electron chi connectivity index (χ2n) is 8.00. The molecule has 2 heterocycles. The Kier molecular flexibility index (Phi) is 4.95. The molecular formula is C17H30N4O3. The van der Waals surface area contributed by atoms with Crippen LogP contribution in [0, 0.1) is 11.3 Å². The molecule has 0 radical (unpaired) electrons. The Labute approximate surface area is 143 Å². The van der Waals surface area contributed by atoms with Gasteiger partial charge in [-0.1, -0.05) is 6.92 Å². The van der Waals surface area contributed by atoms with Crippen LogP contribution in [-0.2, 0) is 14.4 Å². The molecule has 7 nitrogen and oxygen atoms in total. The number of carbonyl (C=O) groups is 3. The Hall–Kier alpha value is -1.63. The van der Waals surface area contributed by atoms with Crippen molar-refractivity contribution in [1.82, 2.24) is 15.1 Å². The fourth-order valence-electron chi connectivity index (χ4n) is 3.71. The minimum Gasteiger partial charge on any atom is -0.345 e. The van der Waals surface area contributed by atoms with Crippen molar-refractivity contribution in [2.24, 2.45) is 17.1 Å². The normalized spacial score (nSPS) is 28.6. The summed E-state index contributed by atoms with van der Waals surface area (Å²) >= 11 is 0. The van der Waals surface area contributed by atoms with Gasteiger partial charge in [0, 0.05) is 26.7 Å². The molecule has 0 spiro atoms. The van der Waals surface area contributed by atoms with Crippen LogP contribution < -0.4 is 11.1 Å². The van der Waals surface area contributed by atoms with Crippen LogP contribution in [0.25, 0.3) is 0 Å². The molecule has 2 fully saturated rings. The number of hydrogen-bond donors (Lipinski definition) is 2. The number of nitrogens with two attached hydrogens (primary N) is 1. The van der Waals surface area contributed by atoms with E-state index in [9.17, 15) is 14.4 Å². The molecule has 0 aromatic heterocycles. The summed E-state index contributed by atoms with van der Waals surface area (Å²) in [4.78, 5) is 40.9. The highest BCUT2D eigenvalue weighted by Gasteiger charge is 2.53. The Balaban J connectivity index is 2.09. The van der Waals surface area contributed by atoms with Crippen LogP contribution in [0.15, 0.2) is 0 Å². The van der Waals surface area contributed by atoms with Gasteiger partial charge in [-0.15, -0.1) is 0 Å². The number of nitrogens with zero attached hydrogens (tertiary/aromatic N) is 2. The molecule has 24 heavy (non-hydrogen) atoms. The van der Waals surface area contributed by atoms with Crippen LogP contribution in [0.4, 0.5) is 0 Å². The van der Waals surface area contributed by atoms with Crippen LogP contribution in [0.1, 0.15) is 40.5 Å². The lowest BCUT2D eigenvalue weighted by molar-refractivity contribution is -0.145. The molecule has 0 saturated carbocycles. The molecular weight excluding hydrogens is 308 g/mol. The molecule has 2 aliphatic rings. The monoisotopic (exact) mass is 338 g/mol. The second-order valence-corrected chi connectivity index (χ2v) is 8.00. The number of likely N-dealkylation sites (tertiary alicyclic amines) is 2. The van der Waals surface area contributed by atoms with E-state index in [1.54, 1.807) is 23.6 Å². The van der Waals surface area contributed by atoms with Crippen molar-refractivity contribution in [3.63, 3.8) is 0 Å². The van der Waals surface area contributed by atoms with E-state index in [-0.39, 0.29) is 23.6 Å². The van der Waals surface area contributed by atoms with Crippen molar-refractivity contribution in [1.29, 1.82) is 0 Å². The van der Waals surface area contributed by atoms with Crippen LogP contribution >= 0.6 is 0 Å². The molecule has 2 aliphatic heterocycles. The third-order valence-corrected chi connectivity index (χ3v) is 5.41. The average molecular weight is 338 g/mol. The van der Waals surface area contributed by atoms with Gasteiger partial charge < -0.3 is 20.9 Å². The topological polar surface area (TPSA) is 95.7 Å². The predicted molar refractivity (Wildman–Crippen MR) is 90.9 cm³/mol. The van der Waals surface area contributed by atoms with Gasteiger partial charge in [-0.3, -0.25) is 14.4 Å². The van der Waals surface area contributed by atoms with Gasteiger partial charge in [0.1, 0.15) is 6.04 Å². The minimum atomic E-state index is -1.03. The highest BCUT2D eigenvalue weighted by Crippen LogP contribution is 2.42. The largest absolute Gasteiger partial charge is 0.345 e. The number of piperidine rings is 1. The molecule has 0 aromatic carbocycles. The predicted octanol–water partition coefficient (Wildman–Crippen LogP) is -0.0547. The summed E-state index contributed by atoms with van der Waals surface area (Å²) in [6.45, 7) is 8.82. The van der Waals surface area contributed by atoms with E-state index >= 15 is 0 Å². The van der Waals surface area contributed by atoms with Crippen molar-refractivity contribution in [3.05, 3.63) is 0 Å². The molecule has 7 heteroatoms. The number of rotatable bonds is 4. The van der Waals surface area contributed by atoms with Gasteiger partial charge in [-0.25, -0.2) is 0 Å². The van der Waals surface area contributed by atoms with E-state index in [2.05, 4.69) is 5.32 Å². The third-order valence-electron chi connectivity index (χ3n) is 5.41. The fraction of sp³-hybridized carbons (Fsp3) is 0.824. The Bertz CT molecular complexity index is 542. The van der Waals surface area contributed by atoms with Crippen LogP contribution in [0.2, 0.25) is 0 Å². The summed E-state index contributed by atoms with van der Waals surface area (Å²) in [5.74, 6) is -0.0838. The molecule has 2 rings (SSSR count). The molecule has 3 N–H and O–H groups in total. The zero-order chi connectivity index (χ0) is 18.3. The van der Waals surface area contributed by atoms with Gasteiger partial charge in [-0.2, -0.15) is 0 Å². The zero-order valence-corrected chi connectivity index (χ0v) is 15.4. The molecule has 136 valence electrons. The lowest BCUT2D eigenvalue weighted by Gasteiger charge is -2.41. The first kappa shape index (κ1) is 18.7. The first-order chi connectivity index (χ1) is 11.0. The number of fused-ring (bicyclic) bond motifs is 1. The van der Waals surface area contributed by atoms with E-state index in [0.29, 0.717) is 19.5 Å². The SMILES string of the molecule is CCC(NC(=O)C(C)(C)N)C(=O)N1CCC2CN(C)C(=O)C2(C)C1. The van der Waals surface area contributed by atoms with Crippen molar-refractivity contribution < 1.29 is 14.4 Å². The summed E-state index contributed by atoms with van der Waals surface area (Å²) in [6.07, 6.45) is 1.30. The molecule has 0 aliphatic carbocycles. The quantitative estimate of drug-likeness (QED) is 0.751. The maximum absolute atomic E-state index is 12.9. The van der Waals surface area contributed by atoms with E-state index in [4.69, 9.17) is 5.73 Å². The van der Waals surface area contributed by atoms with Crippen LogP contribution in [-0.4, -0.2) is 65.8 Å². The molecule has 0 bridgehead atoms. The summed E-state index contributed by atoms with van der Waals surface area (Å²) in [5, 5.41) is 2.75. The van der Waals surface area contributed by atoms with E-state index in [1.807, 2.05) is 20.9 Å². The smallest absolute Gasteiger partial charge is 0.245 e. The number of amides is 3. The number of nitrogens with one attached hydrogen (secondary N) is 1. The highest BCUT2D eigenvalue weighted by atomic mass is 16.2. The van der Waals surface area contributed by atoms with E-state index in [0.717, 1.165) is 13.0 Å². The number of carbonyl (C=O) groups excluding carboxylic acids is 3. The van der Waals surface area contributed by atoms with E-state index in [1.165, 1.54) is 0 Å². The average Bonchev–Trinajstić information content (AvgIpc) is 2.73. The third kappa shape index (κ3) is 3.27. The van der Waals surface area contributed by atoms with Crippen LogP contribution in [0.3, 0.4) is 0 Å². The summed E-state index contributed by atoms with van der Waals surface area (Å²) in [7, 11) is 1.82. The molecule has 3 amide bonds. The Morgan fingerprint density at radius 1 is 1.46 bits per heavy atom. The summed E-state index contributed by atoms with van der Waals surface area (Å²) < 4.78 is 0. The lowest BCUT2D eigenvalue weighted by atomic mass is 9.74. The van der Waals surface area contributed by atoms with Gasteiger partial charge in [0.15, 0.2) is 0 Å². The summed E-state index contributed by atoms with van der Waals surface area (Å²) in [6, 6.07) is -0.602. The molecule has 0 aromatic rings. The standard InChI is InChI=1S/C17H30N4O3/c1-6-12(19-14(23)16(2,3)18)13(22)21-8-7-11-9-20(5)15(24)17(11,4)10-21/h11-12H,6-10,18H2,1-5H3,(H,19,23). The highest BCUT2D eigenvalue weighted by molar-refractivity contribution is 5.92. The summed E-state index contributed by atoms with van der Waals surface area (Å²) in [5.41, 5.74) is 4.25. The van der Waals surface area contributed by atoms with Crippen LogP contribution in [0.5, 0.6) is 0 Å². The Morgan fingerprint density at radius 3 is 2.62 bits per heavy atom. The van der Waals surface area contributed by atoms with Gasteiger partial charge >= 0.3 is 0 Å². The van der Waals surface area contributed by atoms with Gasteiger partial charge in [0.05, 0.1) is 11.0 Å². The van der Waals surface area contributed by atoms with Crippen molar-refractivity contribution >= 4 is 17.7 Å². The first-order valence-electron chi connectivity index (χ1n) is 8.65. The van der Waals surface area contributed by atoms with Gasteiger partial charge in [-0.05, 0) is 39.5 Å². The van der Waals surface area contributed by atoms with Gasteiger partial charge in [0.2, 0.25) is 17.7 Å². The minimum absolute atomic E-state index is 0.102. The Morgan fingerprint density at radius 2 is 2.08 bits per heavy atom. The molecule has 3 atom stereocenters. The number of hydrogen-bond acceptors (Lipinski definition) is 4. The maximum atomic E-state index is 12.9. The van der Waals surface area contributed by atoms with Crippen molar-refractivity contribution in [2.45, 2.75) is 52.1 Å². The van der Waals surface area contributed by atoms with Crippen molar-refractivity contribution in [3.8, 4) is 0 Å². The van der Waals surface area contributed by atoms with Gasteiger partial charge in [0.25, 0.3) is 0 Å². The maximum Gasteiger partial charge on any atom is 0.245 e. The van der Waals surface area contributed by atoms with Crippen molar-refractivity contribution in [2.75, 3.05) is 26.7 Å². The second kappa shape index (κ2) is 6.35. The zero-order valence-electron chi connectivity index (χ0n) is 15.4. The molecule has 3 unspecified atom stereocenters. The lowest BCUT2D eigenvalue weighted by Crippen LogP contribution is -2.59.